The van der Waals surface area contributed by atoms with Crippen molar-refractivity contribution in [3.63, 3.8) is 0 Å². The number of hydrogen-bond donors (Lipinski definition) is 0. The van der Waals surface area contributed by atoms with E-state index in [0.717, 1.165) is 10.8 Å². The quantitative estimate of drug-likeness (QED) is 0.380. The Hall–Kier alpha value is -2.71. The number of carbonyl (C=O) groups is 2. The van der Waals surface area contributed by atoms with Crippen molar-refractivity contribution in [3.8, 4) is 0 Å². The van der Waals surface area contributed by atoms with Gasteiger partial charge in [-0.15, -0.1) is 0 Å². The van der Waals surface area contributed by atoms with Gasteiger partial charge >= 0.3 is 0 Å². The van der Waals surface area contributed by atoms with Gasteiger partial charge in [0, 0.05) is 16.7 Å². The fourth-order valence-corrected chi connectivity index (χ4v) is 2.79. The maximum atomic E-state index is 12.9. The minimum atomic E-state index is -0.604. The molecule has 0 aliphatic heterocycles. The summed E-state index contributed by atoms with van der Waals surface area (Å²) in [6.07, 6.45) is 0. The third-order valence-corrected chi connectivity index (χ3v) is 3.98. The van der Waals surface area contributed by atoms with E-state index < -0.39 is 5.24 Å². The number of ketones is 1. The minimum Gasteiger partial charge on any atom is -0.289 e. The van der Waals surface area contributed by atoms with Crippen LogP contribution < -0.4 is 0 Å². The fourth-order valence-electron chi connectivity index (χ4n) is 2.63. The van der Waals surface area contributed by atoms with Gasteiger partial charge in [-0.1, -0.05) is 67.2 Å². The maximum absolute atomic E-state index is 12.9. The molecular weight excluding hydrogens is 308 g/mol. The summed E-state index contributed by atoms with van der Waals surface area (Å²) in [6.45, 7) is 3.89. The highest BCUT2D eigenvalue weighted by Gasteiger charge is 2.19. The SMILES string of the molecule is C=C(C(=O)c1cccc2ccccc12)c1ccccc1C(=O)Cl. The molecule has 3 heteroatoms. The summed E-state index contributed by atoms with van der Waals surface area (Å²) < 4.78 is 0. The van der Waals surface area contributed by atoms with Crippen molar-refractivity contribution in [2.75, 3.05) is 0 Å². The molecule has 0 atom stereocenters. The fraction of sp³-hybridized carbons (Fsp3) is 0. The lowest BCUT2D eigenvalue weighted by Gasteiger charge is -2.10. The van der Waals surface area contributed by atoms with Gasteiger partial charge in [-0.05, 0) is 34.0 Å². The Morgan fingerprint density at radius 1 is 0.739 bits per heavy atom. The highest BCUT2D eigenvalue weighted by Crippen LogP contribution is 2.27. The minimum absolute atomic E-state index is 0.216. The lowest BCUT2D eigenvalue weighted by Crippen LogP contribution is -2.06. The van der Waals surface area contributed by atoms with Gasteiger partial charge in [0.05, 0.1) is 0 Å². The molecule has 0 aliphatic rings. The molecule has 0 fully saturated rings. The van der Waals surface area contributed by atoms with Crippen molar-refractivity contribution in [2.24, 2.45) is 0 Å². The van der Waals surface area contributed by atoms with E-state index in [1.807, 2.05) is 36.4 Å². The third-order valence-electron chi connectivity index (χ3n) is 3.77. The number of carbonyl (C=O) groups excluding carboxylic acids is 2. The van der Waals surface area contributed by atoms with E-state index in [4.69, 9.17) is 11.6 Å². The van der Waals surface area contributed by atoms with Gasteiger partial charge in [0.2, 0.25) is 0 Å². The van der Waals surface area contributed by atoms with E-state index in [2.05, 4.69) is 6.58 Å². The first-order valence-corrected chi connectivity index (χ1v) is 7.48. The number of Topliss-reactive ketones (excluding diaryl/α,β-unsaturated/α-hetero) is 1. The van der Waals surface area contributed by atoms with Crippen LogP contribution in [0.2, 0.25) is 0 Å². The smallest absolute Gasteiger partial charge is 0.253 e. The Kier molecular flexibility index (Phi) is 4.09. The largest absolute Gasteiger partial charge is 0.289 e. The summed E-state index contributed by atoms with van der Waals surface area (Å²) in [7, 11) is 0. The molecule has 0 unspecified atom stereocenters. The molecule has 0 aliphatic carbocycles. The van der Waals surface area contributed by atoms with Crippen LogP contribution in [0.15, 0.2) is 73.3 Å². The Balaban J connectivity index is 2.10. The van der Waals surface area contributed by atoms with Crippen molar-refractivity contribution >= 4 is 39.0 Å². The molecule has 0 heterocycles. The molecule has 0 amide bonds. The van der Waals surface area contributed by atoms with E-state index in [0.29, 0.717) is 11.1 Å². The Labute approximate surface area is 139 Å². The van der Waals surface area contributed by atoms with Crippen LogP contribution in [0.4, 0.5) is 0 Å². The zero-order chi connectivity index (χ0) is 16.4. The second-order valence-electron chi connectivity index (χ2n) is 5.15. The lowest BCUT2D eigenvalue weighted by atomic mass is 9.92. The zero-order valence-electron chi connectivity index (χ0n) is 12.3. The molecule has 0 aromatic heterocycles. The first kappa shape index (κ1) is 15.2. The summed E-state index contributed by atoms with van der Waals surface area (Å²) in [5.74, 6) is -0.216. The molecule has 3 aromatic rings. The second kappa shape index (κ2) is 6.19. The summed E-state index contributed by atoms with van der Waals surface area (Å²) >= 11 is 5.61. The van der Waals surface area contributed by atoms with Crippen LogP contribution in [0, 0.1) is 0 Å². The van der Waals surface area contributed by atoms with Crippen LogP contribution in [0.1, 0.15) is 26.3 Å². The maximum Gasteiger partial charge on any atom is 0.253 e. The normalized spacial score (nSPS) is 10.5. The molecule has 2 nitrogen and oxygen atoms in total. The first-order chi connectivity index (χ1) is 11.1. The molecular formula is C20H13ClO2. The standard InChI is InChI=1S/C20H13ClO2/c1-13(15-9-4-5-11-18(15)20(21)23)19(22)17-12-6-8-14-7-2-3-10-16(14)17/h2-12H,1H2. The predicted molar refractivity (Wildman–Crippen MR) is 93.9 cm³/mol. The van der Waals surface area contributed by atoms with Gasteiger partial charge in [-0.25, -0.2) is 0 Å². The van der Waals surface area contributed by atoms with E-state index in [9.17, 15) is 9.59 Å². The van der Waals surface area contributed by atoms with Gasteiger partial charge in [0.1, 0.15) is 0 Å². The highest BCUT2D eigenvalue weighted by atomic mass is 35.5. The number of fused-ring (bicyclic) bond motifs is 1. The average molecular weight is 321 g/mol. The third kappa shape index (κ3) is 2.81. The van der Waals surface area contributed by atoms with E-state index in [-0.39, 0.29) is 16.9 Å². The zero-order valence-corrected chi connectivity index (χ0v) is 13.0. The molecule has 3 aromatic carbocycles. The average Bonchev–Trinajstić information content (AvgIpc) is 2.60. The number of rotatable bonds is 4. The van der Waals surface area contributed by atoms with Crippen LogP contribution in [-0.2, 0) is 0 Å². The molecule has 0 N–H and O–H groups in total. The molecule has 0 saturated heterocycles. The van der Waals surface area contributed by atoms with E-state index in [1.165, 1.54) is 0 Å². The van der Waals surface area contributed by atoms with Gasteiger partial charge in [-0.2, -0.15) is 0 Å². The van der Waals surface area contributed by atoms with Gasteiger partial charge in [-0.3, -0.25) is 9.59 Å². The van der Waals surface area contributed by atoms with Crippen LogP contribution in [0.3, 0.4) is 0 Å². The van der Waals surface area contributed by atoms with Gasteiger partial charge < -0.3 is 0 Å². The molecule has 112 valence electrons. The van der Waals surface area contributed by atoms with E-state index in [1.54, 1.807) is 30.3 Å². The molecule has 0 spiro atoms. The summed E-state index contributed by atoms with van der Waals surface area (Å²) in [4.78, 5) is 24.4. The van der Waals surface area contributed by atoms with Crippen LogP contribution in [0.25, 0.3) is 16.3 Å². The number of halogens is 1. The number of benzene rings is 3. The second-order valence-corrected chi connectivity index (χ2v) is 5.50. The summed E-state index contributed by atoms with van der Waals surface area (Å²) in [6, 6.07) is 19.9. The topological polar surface area (TPSA) is 34.1 Å². The summed E-state index contributed by atoms with van der Waals surface area (Å²) in [5, 5.41) is 1.23. The molecule has 0 radical (unpaired) electrons. The van der Waals surface area contributed by atoms with Crippen molar-refractivity contribution < 1.29 is 9.59 Å². The van der Waals surface area contributed by atoms with Crippen molar-refractivity contribution in [2.45, 2.75) is 0 Å². The van der Waals surface area contributed by atoms with Crippen LogP contribution in [0.5, 0.6) is 0 Å². The highest BCUT2D eigenvalue weighted by molar-refractivity contribution is 6.68. The predicted octanol–water partition coefficient (Wildman–Crippen LogP) is 5.11. The molecule has 0 bridgehead atoms. The van der Waals surface area contributed by atoms with Gasteiger partial charge in [0.15, 0.2) is 5.78 Å². The Bertz CT molecular complexity index is 936. The van der Waals surface area contributed by atoms with Crippen molar-refractivity contribution in [1.29, 1.82) is 0 Å². The molecule has 0 saturated carbocycles. The Morgan fingerprint density at radius 2 is 1.30 bits per heavy atom. The molecule has 3 rings (SSSR count). The first-order valence-electron chi connectivity index (χ1n) is 7.10. The number of hydrogen-bond acceptors (Lipinski definition) is 2. The Morgan fingerprint density at radius 3 is 2.04 bits per heavy atom. The van der Waals surface area contributed by atoms with Crippen molar-refractivity contribution in [3.05, 3.63) is 90.0 Å². The van der Waals surface area contributed by atoms with Crippen LogP contribution >= 0.6 is 11.6 Å². The lowest BCUT2D eigenvalue weighted by molar-refractivity contribution is 0.105. The van der Waals surface area contributed by atoms with E-state index >= 15 is 0 Å². The molecule has 23 heavy (non-hydrogen) atoms. The van der Waals surface area contributed by atoms with Gasteiger partial charge in [0.25, 0.3) is 5.24 Å². The monoisotopic (exact) mass is 320 g/mol. The summed E-state index contributed by atoms with van der Waals surface area (Å²) in [5.41, 5.74) is 1.56. The van der Waals surface area contributed by atoms with Crippen LogP contribution in [-0.4, -0.2) is 11.0 Å². The number of allylic oxidation sites excluding steroid dienone is 1. The van der Waals surface area contributed by atoms with Crippen molar-refractivity contribution in [1.82, 2.24) is 0 Å².